The molecule has 0 radical (unpaired) electrons. The zero-order chi connectivity index (χ0) is 23.2. The Morgan fingerprint density at radius 2 is 1.73 bits per heavy atom. The standard InChI is InChI=1S/C24H23ClFN5O2/c25-17-7-9-18(10-8-17)27-24(33)29-22(16-5-2-1-3-6-16)23(32)28-21-12-11-19(15-20(21)26)30-31-13-4-14-31/h1-3,5-12,22H,4,13-15H2,(H,28,32)(H2,27,29,33). The molecule has 2 aliphatic rings. The van der Waals surface area contributed by atoms with Gasteiger partial charge in [0.15, 0.2) is 0 Å². The van der Waals surface area contributed by atoms with E-state index >= 15 is 0 Å². The Hall–Kier alpha value is -3.65. The van der Waals surface area contributed by atoms with Crippen LogP contribution >= 0.6 is 11.6 Å². The summed E-state index contributed by atoms with van der Waals surface area (Å²) in [5.41, 5.74) is 1.73. The van der Waals surface area contributed by atoms with Gasteiger partial charge in [0.25, 0.3) is 5.91 Å². The molecule has 0 aromatic heterocycles. The Balaban J connectivity index is 1.45. The van der Waals surface area contributed by atoms with Crippen molar-refractivity contribution >= 4 is 34.9 Å². The Morgan fingerprint density at radius 1 is 1.00 bits per heavy atom. The fourth-order valence-electron chi connectivity index (χ4n) is 3.32. The van der Waals surface area contributed by atoms with E-state index in [2.05, 4.69) is 21.1 Å². The van der Waals surface area contributed by atoms with Crippen molar-refractivity contribution in [1.29, 1.82) is 0 Å². The van der Waals surface area contributed by atoms with Crippen LogP contribution in [0.4, 0.5) is 14.9 Å². The third-order valence-electron chi connectivity index (χ3n) is 5.20. The van der Waals surface area contributed by atoms with E-state index in [1.54, 1.807) is 60.7 Å². The van der Waals surface area contributed by atoms with Crippen molar-refractivity contribution in [3.63, 3.8) is 0 Å². The summed E-state index contributed by atoms with van der Waals surface area (Å²) >= 11 is 5.87. The van der Waals surface area contributed by atoms with Gasteiger partial charge < -0.3 is 16.0 Å². The SMILES string of the molecule is O=C(Nc1ccc(Cl)cc1)NC(C(=O)NC1=C(F)CC(=NN2CCC2)C=C1)c1ccccc1. The van der Waals surface area contributed by atoms with Gasteiger partial charge in [0.2, 0.25) is 0 Å². The molecule has 170 valence electrons. The average molecular weight is 468 g/mol. The van der Waals surface area contributed by atoms with Gasteiger partial charge in [0, 0.05) is 30.2 Å². The van der Waals surface area contributed by atoms with E-state index in [1.165, 1.54) is 6.08 Å². The molecule has 2 aromatic rings. The molecule has 0 saturated carbocycles. The average Bonchev–Trinajstić information content (AvgIpc) is 2.78. The third kappa shape index (κ3) is 5.98. The normalized spacial score (nSPS) is 17.4. The first-order chi connectivity index (χ1) is 16.0. The number of carbonyl (C=O) groups excluding carboxylic acids is 2. The second-order valence-corrected chi connectivity index (χ2v) is 8.10. The highest BCUT2D eigenvalue weighted by atomic mass is 35.5. The highest BCUT2D eigenvalue weighted by Crippen LogP contribution is 2.21. The van der Waals surface area contributed by atoms with Gasteiger partial charge in [-0.05, 0) is 48.4 Å². The molecule has 1 atom stereocenters. The van der Waals surface area contributed by atoms with Crippen LogP contribution in [0.2, 0.25) is 5.02 Å². The van der Waals surface area contributed by atoms with Crippen LogP contribution in [-0.4, -0.2) is 35.7 Å². The van der Waals surface area contributed by atoms with Gasteiger partial charge in [0.1, 0.15) is 11.9 Å². The van der Waals surface area contributed by atoms with Crippen LogP contribution < -0.4 is 16.0 Å². The lowest BCUT2D eigenvalue weighted by molar-refractivity contribution is -0.122. The van der Waals surface area contributed by atoms with Gasteiger partial charge >= 0.3 is 6.03 Å². The van der Waals surface area contributed by atoms with Gasteiger partial charge in [0.05, 0.1) is 11.4 Å². The van der Waals surface area contributed by atoms with Crippen LogP contribution in [0.15, 0.2) is 83.4 Å². The smallest absolute Gasteiger partial charge is 0.320 e. The van der Waals surface area contributed by atoms with E-state index < -0.39 is 23.8 Å². The van der Waals surface area contributed by atoms with Crippen molar-refractivity contribution in [1.82, 2.24) is 15.6 Å². The molecule has 2 aromatic carbocycles. The molecule has 1 aliphatic carbocycles. The minimum atomic E-state index is -1.04. The van der Waals surface area contributed by atoms with Crippen LogP contribution in [0.5, 0.6) is 0 Å². The van der Waals surface area contributed by atoms with Crippen LogP contribution in [0.1, 0.15) is 24.4 Å². The lowest BCUT2D eigenvalue weighted by atomic mass is 10.0. The molecule has 0 spiro atoms. The quantitative estimate of drug-likeness (QED) is 0.583. The summed E-state index contributed by atoms with van der Waals surface area (Å²) in [6.45, 7) is 1.74. The minimum Gasteiger partial charge on any atom is -0.322 e. The zero-order valence-electron chi connectivity index (χ0n) is 17.7. The topological polar surface area (TPSA) is 85.8 Å². The summed E-state index contributed by atoms with van der Waals surface area (Å²) in [4.78, 5) is 25.6. The van der Waals surface area contributed by atoms with Crippen LogP contribution in [0, 0.1) is 0 Å². The molecule has 3 N–H and O–H groups in total. The van der Waals surface area contributed by atoms with E-state index in [0.29, 0.717) is 22.0 Å². The van der Waals surface area contributed by atoms with Crippen molar-refractivity contribution in [3.05, 3.63) is 88.9 Å². The third-order valence-corrected chi connectivity index (χ3v) is 5.46. The van der Waals surface area contributed by atoms with Crippen molar-refractivity contribution in [2.24, 2.45) is 5.10 Å². The molecule has 4 rings (SSSR count). The maximum atomic E-state index is 14.7. The lowest BCUT2D eigenvalue weighted by Gasteiger charge is -2.28. The number of urea groups is 1. The van der Waals surface area contributed by atoms with E-state index in [1.807, 2.05) is 5.01 Å². The van der Waals surface area contributed by atoms with Crippen molar-refractivity contribution in [2.45, 2.75) is 18.9 Å². The highest BCUT2D eigenvalue weighted by molar-refractivity contribution is 6.30. The summed E-state index contributed by atoms with van der Waals surface area (Å²) in [5, 5.41) is 14.7. The Morgan fingerprint density at radius 3 is 2.36 bits per heavy atom. The Bertz CT molecular complexity index is 1110. The minimum absolute atomic E-state index is 0.00307. The Labute approximate surface area is 196 Å². The second-order valence-electron chi connectivity index (χ2n) is 7.67. The molecule has 1 fully saturated rings. The van der Waals surface area contributed by atoms with E-state index in [9.17, 15) is 14.0 Å². The van der Waals surface area contributed by atoms with E-state index in [0.717, 1.165) is 19.5 Å². The number of nitrogens with zero attached hydrogens (tertiary/aromatic N) is 2. The highest BCUT2D eigenvalue weighted by Gasteiger charge is 2.25. The second kappa shape index (κ2) is 10.3. The first-order valence-electron chi connectivity index (χ1n) is 10.6. The van der Waals surface area contributed by atoms with Crippen LogP contribution in [0.3, 0.4) is 0 Å². The van der Waals surface area contributed by atoms with Gasteiger partial charge in [-0.2, -0.15) is 5.10 Å². The fraction of sp³-hybridized carbons (Fsp3) is 0.208. The molecule has 1 heterocycles. The maximum absolute atomic E-state index is 14.7. The van der Waals surface area contributed by atoms with Gasteiger partial charge in [-0.1, -0.05) is 41.9 Å². The number of halogens is 2. The van der Waals surface area contributed by atoms with Gasteiger partial charge in [-0.25, -0.2) is 9.18 Å². The summed E-state index contributed by atoms with van der Waals surface area (Å²) in [5.74, 6) is -1.05. The predicted octanol–water partition coefficient (Wildman–Crippen LogP) is 4.52. The predicted molar refractivity (Wildman–Crippen MR) is 126 cm³/mol. The number of carbonyl (C=O) groups is 2. The van der Waals surface area contributed by atoms with E-state index in [-0.39, 0.29) is 12.1 Å². The zero-order valence-corrected chi connectivity index (χ0v) is 18.5. The van der Waals surface area contributed by atoms with Crippen molar-refractivity contribution in [2.75, 3.05) is 18.4 Å². The first kappa shape index (κ1) is 22.5. The largest absolute Gasteiger partial charge is 0.322 e. The van der Waals surface area contributed by atoms with E-state index in [4.69, 9.17) is 11.6 Å². The number of allylic oxidation sites excluding steroid dienone is 3. The fourth-order valence-corrected chi connectivity index (χ4v) is 3.45. The molecule has 0 bridgehead atoms. The molecule has 1 aliphatic heterocycles. The van der Waals surface area contributed by atoms with Gasteiger partial charge in [-0.15, -0.1) is 0 Å². The van der Waals surface area contributed by atoms with Crippen LogP contribution in [0.25, 0.3) is 0 Å². The molecule has 33 heavy (non-hydrogen) atoms. The summed E-state index contributed by atoms with van der Waals surface area (Å²) in [7, 11) is 0. The summed E-state index contributed by atoms with van der Waals surface area (Å²) < 4.78 is 14.7. The molecule has 9 heteroatoms. The number of nitrogens with one attached hydrogen (secondary N) is 3. The number of hydrogen-bond acceptors (Lipinski definition) is 4. The summed E-state index contributed by atoms with van der Waals surface area (Å²) in [6, 6.07) is 13.7. The summed E-state index contributed by atoms with van der Waals surface area (Å²) in [6.07, 6.45) is 4.27. The number of rotatable bonds is 6. The van der Waals surface area contributed by atoms with Crippen molar-refractivity contribution < 1.29 is 14.0 Å². The molecule has 3 amide bonds. The number of hydrogen-bond donors (Lipinski definition) is 3. The molecular formula is C24H23ClFN5O2. The van der Waals surface area contributed by atoms with Crippen LogP contribution in [-0.2, 0) is 4.79 Å². The maximum Gasteiger partial charge on any atom is 0.320 e. The molecule has 1 unspecified atom stereocenters. The van der Waals surface area contributed by atoms with Gasteiger partial charge in [-0.3, -0.25) is 9.80 Å². The lowest BCUT2D eigenvalue weighted by Crippen LogP contribution is -2.42. The molecule has 7 nitrogen and oxygen atoms in total. The molecule has 1 saturated heterocycles. The molecular weight excluding hydrogens is 445 g/mol. The Kier molecular flexibility index (Phi) is 7.04. The number of benzene rings is 2. The number of anilines is 1. The monoisotopic (exact) mass is 467 g/mol. The first-order valence-corrected chi connectivity index (χ1v) is 10.9. The number of amides is 3. The number of hydrazone groups is 1. The van der Waals surface area contributed by atoms with Crippen molar-refractivity contribution in [3.8, 4) is 0 Å².